The number of amides is 1. The first-order valence-corrected chi connectivity index (χ1v) is 11.9. The third-order valence-corrected chi connectivity index (χ3v) is 7.07. The molecule has 35 heavy (non-hydrogen) atoms. The Morgan fingerprint density at radius 3 is 2.77 bits per heavy atom. The standard InChI is InChI=1S/C25H22N2O7S/c1-15-4-6-18(7-5-15)26-22(28)11-20(23(26)21-3-2-8-35-21)25(29)33-13-17-10-19(27(30)31)9-16-12-32-14-34-24(16)17/h2-10,20,23H,11-14H2,1H3/t20-,23+/m0/s1. The van der Waals surface area contributed by atoms with E-state index in [4.69, 9.17) is 14.2 Å². The van der Waals surface area contributed by atoms with Gasteiger partial charge in [0.25, 0.3) is 5.69 Å². The Bertz CT molecular complexity index is 1270. The number of aryl methyl sites for hydroxylation is 1. The van der Waals surface area contributed by atoms with E-state index < -0.39 is 22.9 Å². The van der Waals surface area contributed by atoms with E-state index in [2.05, 4.69) is 0 Å². The van der Waals surface area contributed by atoms with Crippen molar-refractivity contribution in [3.8, 4) is 5.75 Å². The molecule has 3 aromatic rings. The van der Waals surface area contributed by atoms with Crippen molar-refractivity contribution in [2.24, 2.45) is 5.92 Å². The lowest BCUT2D eigenvalue weighted by Gasteiger charge is -2.27. The first-order valence-electron chi connectivity index (χ1n) is 11.0. The molecule has 2 aliphatic heterocycles. The molecule has 9 nitrogen and oxygen atoms in total. The summed E-state index contributed by atoms with van der Waals surface area (Å²) < 4.78 is 16.4. The number of carbonyl (C=O) groups is 2. The van der Waals surface area contributed by atoms with E-state index in [0.717, 1.165) is 16.1 Å². The molecule has 10 heteroatoms. The van der Waals surface area contributed by atoms with Crippen LogP contribution in [0.15, 0.2) is 53.9 Å². The smallest absolute Gasteiger partial charge is 0.312 e. The van der Waals surface area contributed by atoms with E-state index >= 15 is 0 Å². The van der Waals surface area contributed by atoms with Crippen LogP contribution in [-0.2, 0) is 32.3 Å². The number of esters is 1. The zero-order valence-electron chi connectivity index (χ0n) is 18.8. The van der Waals surface area contributed by atoms with E-state index in [1.165, 1.54) is 23.5 Å². The van der Waals surface area contributed by atoms with Gasteiger partial charge in [-0.3, -0.25) is 19.7 Å². The van der Waals surface area contributed by atoms with Crippen molar-refractivity contribution in [2.75, 3.05) is 11.7 Å². The number of benzene rings is 2. The van der Waals surface area contributed by atoms with Gasteiger partial charge in [0.05, 0.1) is 23.5 Å². The molecular formula is C25H22N2O7S. The van der Waals surface area contributed by atoms with Crippen molar-refractivity contribution < 1.29 is 28.7 Å². The van der Waals surface area contributed by atoms with E-state index in [0.29, 0.717) is 16.9 Å². The minimum Gasteiger partial charge on any atom is -0.467 e. The van der Waals surface area contributed by atoms with Crippen molar-refractivity contribution in [3.63, 3.8) is 0 Å². The molecule has 1 fully saturated rings. The zero-order chi connectivity index (χ0) is 24.5. The molecule has 180 valence electrons. The lowest BCUT2D eigenvalue weighted by Crippen LogP contribution is -2.30. The number of rotatable bonds is 6. The van der Waals surface area contributed by atoms with Crippen LogP contribution < -0.4 is 9.64 Å². The lowest BCUT2D eigenvalue weighted by atomic mass is 9.98. The molecular weight excluding hydrogens is 472 g/mol. The van der Waals surface area contributed by atoms with E-state index in [-0.39, 0.29) is 38.0 Å². The number of nitro benzene ring substituents is 1. The average molecular weight is 495 g/mol. The van der Waals surface area contributed by atoms with Gasteiger partial charge in [-0.1, -0.05) is 23.8 Å². The van der Waals surface area contributed by atoms with Gasteiger partial charge in [0.15, 0.2) is 6.79 Å². The molecule has 2 aromatic carbocycles. The first-order chi connectivity index (χ1) is 16.9. The zero-order valence-corrected chi connectivity index (χ0v) is 19.7. The van der Waals surface area contributed by atoms with Gasteiger partial charge in [-0.05, 0) is 30.5 Å². The molecule has 1 aromatic heterocycles. The average Bonchev–Trinajstić information content (AvgIpc) is 3.50. The van der Waals surface area contributed by atoms with Crippen LogP contribution in [0.25, 0.3) is 0 Å². The van der Waals surface area contributed by atoms with Gasteiger partial charge < -0.3 is 19.1 Å². The number of fused-ring (bicyclic) bond motifs is 1. The van der Waals surface area contributed by atoms with Crippen LogP contribution in [0.3, 0.4) is 0 Å². The number of hydrogen-bond acceptors (Lipinski definition) is 8. The molecule has 1 amide bonds. The molecule has 0 bridgehead atoms. The van der Waals surface area contributed by atoms with Crippen molar-refractivity contribution in [3.05, 3.63) is 85.6 Å². The fourth-order valence-electron chi connectivity index (χ4n) is 4.49. The van der Waals surface area contributed by atoms with Gasteiger partial charge in [0, 0.05) is 40.2 Å². The van der Waals surface area contributed by atoms with E-state index in [1.54, 1.807) is 4.90 Å². The summed E-state index contributed by atoms with van der Waals surface area (Å²) in [6, 6.07) is 13.6. The number of hydrogen-bond donors (Lipinski definition) is 0. The molecule has 5 rings (SSSR count). The van der Waals surface area contributed by atoms with E-state index in [9.17, 15) is 19.7 Å². The van der Waals surface area contributed by atoms with Crippen LogP contribution in [-0.4, -0.2) is 23.6 Å². The van der Waals surface area contributed by atoms with Crippen LogP contribution in [0.5, 0.6) is 5.75 Å². The predicted molar refractivity (Wildman–Crippen MR) is 127 cm³/mol. The first kappa shape index (κ1) is 23.0. The summed E-state index contributed by atoms with van der Waals surface area (Å²) in [7, 11) is 0. The minimum absolute atomic E-state index is 0.00661. The van der Waals surface area contributed by atoms with Crippen LogP contribution in [0.1, 0.15) is 34.0 Å². The fraction of sp³-hybridized carbons (Fsp3) is 0.280. The summed E-state index contributed by atoms with van der Waals surface area (Å²) in [5.41, 5.74) is 2.56. The van der Waals surface area contributed by atoms with Gasteiger partial charge in [-0.25, -0.2) is 0 Å². The SMILES string of the molecule is Cc1ccc(N2C(=O)C[C@H](C(=O)OCc3cc([N+](=O)[O-])cc4c3OCOC4)[C@@H]2c2cccs2)cc1. The molecule has 0 unspecified atom stereocenters. The quantitative estimate of drug-likeness (QED) is 0.278. The number of carbonyl (C=O) groups excluding carboxylic acids is 2. The number of ether oxygens (including phenoxy) is 3. The summed E-state index contributed by atoms with van der Waals surface area (Å²) in [4.78, 5) is 39.8. The van der Waals surface area contributed by atoms with Gasteiger partial charge in [0.2, 0.25) is 5.91 Å². The topological polar surface area (TPSA) is 108 Å². The molecule has 0 radical (unpaired) electrons. The summed E-state index contributed by atoms with van der Waals surface area (Å²) in [5.74, 6) is -1.00. The highest BCUT2D eigenvalue weighted by molar-refractivity contribution is 7.10. The minimum atomic E-state index is -0.721. The lowest BCUT2D eigenvalue weighted by molar-refractivity contribution is -0.385. The molecule has 2 atom stereocenters. The highest BCUT2D eigenvalue weighted by atomic mass is 32.1. The van der Waals surface area contributed by atoms with Crippen molar-refractivity contribution in [1.82, 2.24) is 0 Å². The van der Waals surface area contributed by atoms with Gasteiger partial charge in [-0.2, -0.15) is 0 Å². The Balaban J connectivity index is 1.41. The summed E-state index contributed by atoms with van der Waals surface area (Å²) >= 11 is 1.47. The van der Waals surface area contributed by atoms with Crippen molar-refractivity contribution in [2.45, 2.75) is 32.6 Å². The highest BCUT2D eigenvalue weighted by Crippen LogP contribution is 2.44. The Labute approximate surface area is 205 Å². The molecule has 0 spiro atoms. The van der Waals surface area contributed by atoms with Gasteiger partial charge in [0.1, 0.15) is 12.4 Å². The van der Waals surface area contributed by atoms with Crippen LogP contribution >= 0.6 is 11.3 Å². The second-order valence-corrected chi connectivity index (χ2v) is 9.42. The van der Waals surface area contributed by atoms with Gasteiger partial charge >= 0.3 is 5.97 Å². The normalized spacial score (nSPS) is 19.2. The molecule has 3 heterocycles. The molecule has 2 aliphatic rings. The molecule has 0 aliphatic carbocycles. The maximum atomic E-state index is 13.3. The monoisotopic (exact) mass is 494 g/mol. The van der Waals surface area contributed by atoms with Crippen LogP contribution in [0, 0.1) is 23.0 Å². The number of non-ortho nitro benzene ring substituents is 1. The fourth-order valence-corrected chi connectivity index (χ4v) is 5.37. The van der Waals surface area contributed by atoms with Crippen LogP contribution in [0.4, 0.5) is 11.4 Å². The summed E-state index contributed by atoms with van der Waals surface area (Å²) in [6.45, 7) is 1.93. The number of nitrogens with zero attached hydrogens (tertiary/aromatic N) is 2. The maximum Gasteiger partial charge on any atom is 0.312 e. The van der Waals surface area contributed by atoms with Crippen molar-refractivity contribution in [1.29, 1.82) is 0 Å². The molecule has 1 saturated heterocycles. The Morgan fingerprint density at radius 1 is 1.26 bits per heavy atom. The largest absolute Gasteiger partial charge is 0.467 e. The molecule has 0 N–H and O–H groups in total. The number of thiophene rings is 1. The summed E-state index contributed by atoms with van der Waals surface area (Å²) in [5, 5.41) is 13.3. The third-order valence-electron chi connectivity index (χ3n) is 6.12. The highest BCUT2D eigenvalue weighted by Gasteiger charge is 2.46. The Hall–Kier alpha value is -3.76. The third kappa shape index (κ3) is 4.50. The molecule has 0 saturated carbocycles. The van der Waals surface area contributed by atoms with Gasteiger partial charge in [-0.15, -0.1) is 11.3 Å². The summed E-state index contributed by atoms with van der Waals surface area (Å²) in [6.07, 6.45) is 0.00661. The maximum absolute atomic E-state index is 13.3. The second kappa shape index (κ2) is 9.47. The predicted octanol–water partition coefficient (Wildman–Crippen LogP) is 4.67. The second-order valence-electron chi connectivity index (χ2n) is 8.44. The number of anilines is 1. The number of nitro groups is 1. The Kier molecular flexibility index (Phi) is 6.23. The van der Waals surface area contributed by atoms with E-state index in [1.807, 2.05) is 48.7 Å². The van der Waals surface area contributed by atoms with Crippen molar-refractivity contribution >= 4 is 34.6 Å². The Morgan fingerprint density at radius 2 is 2.06 bits per heavy atom. The van der Waals surface area contributed by atoms with Crippen LogP contribution in [0.2, 0.25) is 0 Å².